The second-order valence-corrected chi connectivity index (χ2v) is 4.91. The van der Waals surface area contributed by atoms with Crippen molar-refractivity contribution in [1.82, 2.24) is 0 Å². The Morgan fingerprint density at radius 2 is 1.44 bits per heavy atom. The monoisotopic (exact) mass is 267 g/mol. The van der Waals surface area contributed by atoms with Gasteiger partial charge in [-0.05, 0) is 6.92 Å². The summed E-state index contributed by atoms with van der Waals surface area (Å²) in [6.45, 7) is 3.04. The molecule has 0 saturated carbocycles. The standard InChI is InChI=1S/C3H9N.C3H6O.CHF3O3S/c1-4(2)3;1-3-2-4-3;2-1(3,4)8(5,6)7/h1-3H3;3H,2H2,1H3;(H,5,6,7). The third kappa shape index (κ3) is 16.1. The molecule has 1 aliphatic rings. The average Bonchev–Trinajstić information content (AvgIpc) is 2.66. The van der Waals surface area contributed by atoms with E-state index < -0.39 is 15.6 Å². The fraction of sp³-hybridized carbons (Fsp3) is 1.00. The molecule has 0 bridgehead atoms. The van der Waals surface area contributed by atoms with E-state index in [1.54, 1.807) is 0 Å². The van der Waals surface area contributed by atoms with Crippen LogP contribution in [-0.2, 0) is 14.9 Å². The highest BCUT2D eigenvalue weighted by Gasteiger charge is 2.36. The number of quaternary nitrogens is 1. The number of halogens is 3. The Bertz CT molecular complexity index is 269. The lowest BCUT2D eigenvalue weighted by Crippen LogP contribution is -3.02. The second kappa shape index (κ2) is 7.05. The second-order valence-electron chi connectivity index (χ2n) is 3.54. The molecule has 1 heterocycles. The van der Waals surface area contributed by atoms with Gasteiger partial charge in [-0.3, -0.25) is 0 Å². The lowest BCUT2D eigenvalue weighted by molar-refractivity contribution is -0.836. The molecule has 0 amide bonds. The Kier molecular flexibility index (Phi) is 7.93. The molecule has 1 fully saturated rings. The molecule has 0 spiro atoms. The SMILES string of the molecule is CC1CO1.C[NH+](C)C.O=S(=O)([O-])C(F)(F)F. The van der Waals surface area contributed by atoms with Crippen molar-refractivity contribution in [3.63, 3.8) is 0 Å². The average molecular weight is 267 g/mol. The summed E-state index contributed by atoms with van der Waals surface area (Å²) in [6.07, 6.45) is 0.583. The molecule has 5 nitrogen and oxygen atoms in total. The van der Waals surface area contributed by atoms with Crippen LogP contribution in [0.5, 0.6) is 0 Å². The van der Waals surface area contributed by atoms with E-state index in [1.807, 2.05) is 0 Å². The van der Waals surface area contributed by atoms with Crippen molar-refractivity contribution in [1.29, 1.82) is 0 Å². The van der Waals surface area contributed by atoms with Crippen molar-refractivity contribution in [2.24, 2.45) is 0 Å². The first-order chi connectivity index (χ1) is 6.88. The molecule has 0 aliphatic carbocycles. The molecule has 9 heteroatoms. The van der Waals surface area contributed by atoms with Crippen molar-refractivity contribution in [2.75, 3.05) is 27.7 Å². The number of epoxide rings is 1. The summed E-state index contributed by atoms with van der Waals surface area (Å²) in [5.41, 5.74) is -5.65. The maximum absolute atomic E-state index is 10.7. The minimum absolute atomic E-state index is 0.583. The summed E-state index contributed by atoms with van der Waals surface area (Å²) >= 11 is 0. The molecule has 0 aromatic rings. The van der Waals surface area contributed by atoms with E-state index in [4.69, 9.17) is 17.7 Å². The van der Waals surface area contributed by atoms with E-state index in [0.717, 1.165) is 6.61 Å². The Labute approximate surface area is 92.9 Å². The topological polar surface area (TPSA) is 74.2 Å². The summed E-state index contributed by atoms with van der Waals surface area (Å²) in [7, 11) is 0.160. The van der Waals surface area contributed by atoms with E-state index in [0.29, 0.717) is 6.10 Å². The lowest BCUT2D eigenvalue weighted by atomic mass is 10.6. The zero-order chi connectivity index (χ0) is 13.6. The Morgan fingerprint density at radius 1 is 1.31 bits per heavy atom. The van der Waals surface area contributed by atoms with Crippen LogP contribution in [0.2, 0.25) is 0 Å². The maximum Gasteiger partial charge on any atom is 0.485 e. The van der Waals surface area contributed by atoms with Gasteiger partial charge in [0.15, 0.2) is 10.1 Å². The minimum atomic E-state index is -6.09. The van der Waals surface area contributed by atoms with Gasteiger partial charge in [0.05, 0.1) is 33.9 Å². The first-order valence-corrected chi connectivity index (χ1v) is 5.69. The van der Waals surface area contributed by atoms with Crippen LogP contribution in [-0.4, -0.2) is 52.3 Å². The molecule has 16 heavy (non-hydrogen) atoms. The number of nitrogens with one attached hydrogen (secondary N) is 1. The van der Waals surface area contributed by atoms with Crippen LogP contribution in [0.1, 0.15) is 6.92 Å². The third-order valence-corrected chi connectivity index (χ3v) is 1.35. The predicted molar refractivity (Wildman–Crippen MR) is 49.9 cm³/mol. The fourth-order valence-electron chi connectivity index (χ4n) is 0.0962. The van der Waals surface area contributed by atoms with Crippen molar-refractivity contribution in [2.45, 2.75) is 18.5 Å². The molecule has 100 valence electrons. The summed E-state index contributed by atoms with van der Waals surface area (Å²) in [6, 6.07) is 0. The van der Waals surface area contributed by atoms with E-state index in [-0.39, 0.29) is 0 Å². The molecule has 1 saturated heterocycles. The zero-order valence-corrected chi connectivity index (χ0v) is 10.3. The van der Waals surface area contributed by atoms with Gasteiger partial charge < -0.3 is 14.2 Å². The highest BCUT2D eigenvalue weighted by Crippen LogP contribution is 2.20. The predicted octanol–water partition coefficient (Wildman–Crippen LogP) is -0.783. The molecule has 1 N–H and O–H groups in total. The first kappa shape index (κ1) is 18.0. The van der Waals surface area contributed by atoms with Gasteiger partial charge in [0.2, 0.25) is 0 Å². The molecule has 1 rings (SSSR count). The molecule has 1 unspecified atom stereocenters. The number of rotatable bonds is 0. The number of hydrogen-bond acceptors (Lipinski definition) is 4. The van der Waals surface area contributed by atoms with Gasteiger partial charge in [0.25, 0.3) is 0 Å². The van der Waals surface area contributed by atoms with Crippen molar-refractivity contribution >= 4 is 10.1 Å². The van der Waals surface area contributed by atoms with E-state index in [2.05, 4.69) is 28.1 Å². The Morgan fingerprint density at radius 3 is 1.44 bits per heavy atom. The number of ether oxygens (including phenoxy) is 1. The summed E-state index contributed by atoms with van der Waals surface area (Å²) in [5, 5.41) is 0. The highest BCUT2D eigenvalue weighted by atomic mass is 32.2. The highest BCUT2D eigenvalue weighted by molar-refractivity contribution is 7.86. The van der Waals surface area contributed by atoms with Gasteiger partial charge in [-0.2, -0.15) is 13.2 Å². The van der Waals surface area contributed by atoms with Gasteiger partial charge in [-0.25, -0.2) is 8.42 Å². The summed E-state index contributed by atoms with van der Waals surface area (Å²) in [5.74, 6) is 0. The largest absolute Gasteiger partial charge is 0.741 e. The molecule has 1 atom stereocenters. The molecule has 0 radical (unpaired) electrons. The molecule has 1 aliphatic heterocycles. The smallest absolute Gasteiger partial charge is 0.485 e. The zero-order valence-electron chi connectivity index (χ0n) is 9.46. The van der Waals surface area contributed by atoms with Crippen LogP contribution in [0.15, 0.2) is 0 Å². The van der Waals surface area contributed by atoms with Crippen LogP contribution < -0.4 is 4.90 Å². The first-order valence-electron chi connectivity index (χ1n) is 4.28. The van der Waals surface area contributed by atoms with Gasteiger partial charge in [0, 0.05) is 0 Å². The summed E-state index contributed by atoms with van der Waals surface area (Å²) < 4.78 is 63.6. The Balaban J connectivity index is 0. The number of hydrogen-bond donors (Lipinski definition) is 1. The van der Waals surface area contributed by atoms with Crippen LogP contribution in [0.25, 0.3) is 0 Å². The van der Waals surface area contributed by atoms with Crippen molar-refractivity contribution in [3.8, 4) is 0 Å². The van der Waals surface area contributed by atoms with Crippen molar-refractivity contribution in [3.05, 3.63) is 0 Å². The maximum atomic E-state index is 10.7. The Hall–Kier alpha value is -0.380. The van der Waals surface area contributed by atoms with E-state index >= 15 is 0 Å². The third-order valence-electron chi connectivity index (χ3n) is 0.783. The van der Waals surface area contributed by atoms with Gasteiger partial charge in [-0.1, -0.05) is 0 Å². The molecule has 0 aromatic heterocycles. The molecule has 0 aromatic carbocycles. The van der Waals surface area contributed by atoms with Gasteiger partial charge in [0.1, 0.15) is 0 Å². The van der Waals surface area contributed by atoms with Crippen LogP contribution in [0, 0.1) is 0 Å². The van der Waals surface area contributed by atoms with E-state index in [9.17, 15) is 13.2 Å². The summed E-state index contributed by atoms with van der Waals surface area (Å²) in [4.78, 5) is 1.42. The van der Waals surface area contributed by atoms with Gasteiger partial charge in [-0.15, -0.1) is 0 Å². The lowest BCUT2D eigenvalue weighted by Gasteiger charge is -2.08. The van der Waals surface area contributed by atoms with Crippen LogP contribution in [0.3, 0.4) is 0 Å². The van der Waals surface area contributed by atoms with Crippen LogP contribution in [0.4, 0.5) is 13.2 Å². The van der Waals surface area contributed by atoms with E-state index in [1.165, 1.54) is 4.90 Å². The normalized spacial score (nSPS) is 19.2. The quantitative estimate of drug-likeness (QED) is 0.355. The molecular weight excluding hydrogens is 251 g/mol. The van der Waals surface area contributed by atoms with Gasteiger partial charge >= 0.3 is 5.51 Å². The molecular formula is C7H16F3NO4S. The minimum Gasteiger partial charge on any atom is -0.741 e. The fourth-order valence-corrected chi connectivity index (χ4v) is 0.0962. The van der Waals surface area contributed by atoms with Crippen molar-refractivity contribution < 1.29 is 35.8 Å². The van der Waals surface area contributed by atoms with Crippen LogP contribution >= 0.6 is 0 Å². The number of alkyl halides is 3.